The number of hydrogen-bond donors (Lipinski definition) is 1. The molecule has 0 spiro atoms. The number of nitrogens with zero attached hydrogens (tertiary/aromatic N) is 1. The maximum Gasteiger partial charge on any atom is 0.0781 e. The van der Waals surface area contributed by atoms with Crippen LogP contribution in [0, 0.1) is 0 Å². The van der Waals surface area contributed by atoms with Gasteiger partial charge in [0.25, 0.3) is 0 Å². The molecular weight excluding hydrogens is 328 g/mol. The van der Waals surface area contributed by atoms with E-state index in [-0.39, 0.29) is 0 Å². The summed E-state index contributed by atoms with van der Waals surface area (Å²) >= 11 is 0. The molecular formula is C25H20N2. The lowest BCUT2D eigenvalue weighted by molar-refractivity contribution is 1.47. The molecule has 0 unspecified atom stereocenters. The molecule has 4 aromatic carbocycles. The minimum Gasteiger partial charge on any atom is -0.399 e. The number of aliphatic imine (C=N–C) groups is 1. The van der Waals surface area contributed by atoms with Crippen molar-refractivity contribution < 1.29 is 0 Å². The fourth-order valence-electron chi connectivity index (χ4n) is 3.02. The van der Waals surface area contributed by atoms with E-state index >= 15 is 0 Å². The normalized spacial score (nSPS) is 10.4. The molecule has 2 N–H and O–H groups in total. The summed E-state index contributed by atoms with van der Waals surface area (Å²) in [4.78, 5) is 4.94. The zero-order valence-electron chi connectivity index (χ0n) is 14.9. The summed E-state index contributed by atoms with van der Waals surface area (Å²) in [5, 5.41) is 0. The standard InChI is InChI=1S/C25H20N2/c26-23-15-11-19(12-16-23)20-13-17-24(18-14-20)27-25(21-7-3-1-4-8-21)22-9-5-2-6-10-22/h1-18H,26H2. The Bertz CT molecular complexity index is 991. The third-order valence-electron chi connectivity index (χ3n) is 4.45. The Morgan fingerprint density at radius 3 is 1.44 bits per heavy atom. The molecule has 4 rings (SSSR count). The van der Waals surface area contributed by atoms with Gasteiger partial charge in [-0.05, 0) is 35.4 Å². The van der Waals surface area contributed by atoms with E-state index in [4.69, 9.17) is 10.7 Å². The van der Waals surface area contributed by atoms with Crippen molar-refractivity contribution in [3.05, 3.63) is 120 Å². The largest absolute Gasteiger partial charge is 0.399 e. The van der Waals surface area contributed by atoms with Gasteiger partial charge in [0.05, 0.1) is 11.4 Å². The Kier molecular flexibility index (Phi) is 4.80. The van der Waals surface area contributed by atoms with Gasteiger partial charge in [0.15, 0.2) is 0 Å². The first-order valence-electron chi connectivity index (χ1n) is 8.95. The molecule has 0 aliphatic carbocycles. The average Bonchev–Trinajstić information content (AvgIpc) is 2.74. The Morgan fingerprint density at radius 2 is 0.963 bits per heavy atom. The number of hydrogen-bond acceptors (Lipinski definition) is 2. The highest BCUT2D eigenvalue weighted by molar-refractivity contribution is 6.13. The summed E-state index contributed by atoms with van der Waals surface area (Å²) < 4.78 is 0. The predicted octanol–water partition coefficient (Wildman–Crippen LogP) is 6.10. The second-order valence-corrected chi connectivity index (χ2v) is 6.36. The van der Waals surface area contributed by atoms with Crippen molar-refractivity contribution in [2.75, 3.05) is 5.73 Å². The zero-order valence-corrected chi connectivity index (χ0v) is 14.9. The van der Waals surface area contributed by atoms with Crippen LogP contribution in [0.2, 0.25) is 0 Å². The van der Waals surface area contributed by atoms with Crippen LogP contribution in [0.3, 0.4) is 0 Å². The Morgan fingerprint density at radius 1 is 0.519 bits per heavy atom. The van der Waals surface area contributed by atoms with E-state index in [2.05, 4.69) is 48.5 Å². The number of anilines is 1. The average molecular weight is 348 g/mol. The van der Waals surface area contributed by atoms with Gasteiger partial charge in [-0.3, -0.25) is 0 Å². The summed E-state index contributed by atoms with van der Waals surface area (Å²) in [5.41, 5.74) is 12.9. The van der Waals surface area contributed by atoms with Crippen LogP contribution in [0.15, 0.2) is 114 Å². The van der Waals surface area contributed by atoms with Gasteiger partial charge in [0.1, 0.15) is 0 Å². The summed E-state index contributed by atoms with van der Waals surface area (Å²) in [6, 6.07) is 36.8. The van der Waals surface area contributed by atoms with E-state index in [0.29, 0.717) is 0 Å². The van der Waals surface area contributed by atoms with Gasteiger partial charge in [-0.2, -0.15) is 0 Å². The van der Waals surface area contributed by atoms with Crippen molar-refractivity contribution in [2.24, 2.45) is 4.99 Å². The molecule has 0 radical (unpaired) electrons. The summed E-state index contributed by atoms with van der Waals surface area (Å²) in [5.74, 6) is 0. The van der Waals surface area contributed by atoms with E-state index in [9.17, 15) is 0 Å². The molecule has 0 heterocycles. The minimum atomic E-state index is 0.773. The van der Waals surface area contributed by atoms with E-state index in [1.807, 2.05) is 60.7 Å². The van der Waals surface area contributed by atoms with E-state index in [0.717, 1.165) is 39.3 Å². The van der Waals surface area contributed by atoms with Gasteiger partial charge in [-0.15, -0.1) is 0 Å². The van der Waals surface area contributed by atoms with Gasteiger partial charge in [0.2, 0.25) is 0 Å². The van der Waals surface area contributed by atoms with E-state index in [1.165, 1.54) is 0 Å². The maximum atomic E-state index is 5.78. The molecule has 0 fully saturated rings. The van der Waals surface area contributed by atoms with Crippen LogP contribution in [-0.2, 0) is 0 Å². The summed E-state index contributed by atoms with van der Waals surface area (Å²) in [7, 11) is 0. The molecule has 27 heavy (non-hydrogen) atoms. The molecule has 0 aliphatic rings. The smallest absolute Gasteiger partial charge is 0.0781 e. The molecule has 0 bridgehead atoms. The Balaban J connectivity index is 1.71. The zero-order chi connectivity index (χ0) is 18.5. The SMILES string of the molecule is Nc1ccc(-c2ccc(N=C(c3ccccc3)c3ccccc3)cc2)cc1. The third-order valence-corrected chi connectivity index (χ3v) is 4.45. The van der Waals surface area contributed by atoms with Gasteiger partial charge in [-0.1, -0.05) is 84.9 Å². The molecule has 0 aromatic heterocycles. The van der Waals surface area contributed by atoms with Crippen LogP contribution in [0.1, 0.15) is 11.1 Å². The Labute approximate surface area is 159 Å². The lowest BCUT2D eigenvalue weighted by Crippen LogP contribution is -2.02. The predicted molar refractivity (Wildman–Crippen MR) is 114 cm³/mol. The van der Waals surface area contributed by atoms with Crippen molar-refractivity contribution in [1.29, 1.82) is 0 Å². The number of benzene rings is 4. The van der Waals surface area contributed by atoms with Crippen molar-refractivity contribution in [3.8, 4) is 11.1 Å². The molecule has 0 aliphatic heterocycles. The highest BCUT2D eigenvalue weighted by atomic mass is 14.7. The fourth-order valence-corrected chi connectivity index (χ4v) is 3.02. The minimum absolute atomic E-state index is 0.773. The second-order valence-electron chi connectivity index (χ2n) is 6.36. The highest BCUT2D eigenvalue weighted by Crippen LogP contribution is 2.25. The lowest BCUT2D eigenvalue weighted by Gasteiger charge is -2.08. The van der Waals surface area contributed by atoms with Crippen LogP contribution >= 0.6 is 0 Å². The lowest BCUT2D eigenvalue weighted by atomic mass is 10.0. The first kappa shape index (κ1) is 16.8. The van der Waals surface area contributed by atoms with Gasteiger partial charge < -0.3 is 5.73 Å². The van der Waals surface area contributed by atoms with Crippen molar-refractivity contribution in [1.82, 2.24) is 0 Å². The van der Waals surface area contributed by atoms with Crippen molar-refractivity contribution >= 4 is 17.1 Å². The first-order chi connectivity index (χ1) is 13.3. The van der Waals surface area contributed by atoms with Crippen molar-refractivity contribution in [3.63, 3.8) is 0 Å². The van der Waals surface area contributed by atoms with Gasteiger partial charge >= 0.3 is 0 Å². The molecule has 2 heteroatoms. The van der Waals surface area contributed by atoms with Crippen LogP contribution in [0.4, 0.5) is 11.4 Å². The topological polar surface area (TPSA) is 38.4 Å². The monoisotopic (exact) mass is 348 g/mol. The molecule has 4 aromatic rings. The number of nitrogens with two attached hydrogens (primary N) is 1. The van der Waals surface area contributed by atoms with Crippen LogP contribution < -0.4 is 5.73 Å². The molecule has 0 saturated carbocycles. The van der Waals surface area contributed by atoms with E-state index in [1.54, 1.807) is 0 Å². The Hall–Kier alpha value is -3.65. The van der Waals surface area contributed by atoms with E-state index < -0.39 is 0 Å². The quantitative estimate of drug-likeness (QED) is 0.351. The van der Waals surface area contributed by atoms with Crippen molar-refractivity contribution in [2.45, 2.75) is 0 Å². The molecule has 2 nitrogen and oxygen atoms in total. The van der Waals surface area contributed by atoms with Crippen LogP contribution in [0.25, 0.3) is 11.1 Å². The molecule has 0 atom stereocenters. The number of rotatable bonds is 4. The van der Waals surface area contributed by atoms with Crippen LogP contribution in [0.5, 0.6) is 0 Å². The third kappa shape index (κ3) is 3.96. The summed E-state index contributed by atoms with van der Waals surface area (Å²) in [6.45, 7) is 0. The van der Waals surface area contributed by atoms with Gasteiger partial charge in [0, 0.05) is 16.8 Å². The first-order valence-corrected chi connectivity index (χ1v) is 8.95. The maximum absolute atomic E-state index is 5.78. The van der Waals surface area contributed by atoms with Gasteiger partial charge in [-0.25, -0.2) is 4.99 Å². The molecule has 130 valence electrons. The fraction of sp³-hybridized carbons (Fsp3) is 0. The number of nitrogen functional groups attached to an aromatic ring is 1. The van der Waals surface area contributed by atoms with Crippen LogP contribution in [-0.4, -0.2) is 5.71 Å². The molecule has 0 amide bonds. The highest BCUT2D eigenvalue weighted by Gasteiger charge is 2.07. The second kappa shape index (κ2) is 7.71. The summed E-state index contributed by atoms with van der Waals surface area (Å²) in [6.07, 6.45) is 0. The molecule has 0 saturated heterocycles.